The Morgan fingerprint density at radius 2 is 1.42 bits per heavy atom. The number of hydrogen-bond acceptors (Lipinski definition) is 6. The van der Waals surface area contributed by atoms with Gasteiger partial charge in [0.25, 0.3) is 5.69 Å². The largest absolute Gasteiger partial charge is 0.361 e. The molecule has 0 saturated heterocycles. The minimum Gasteiger partial charge on any atom is -0.339 e. The van der Waals surface area contributed by atoms with Gasteiger partial charge in [0.2, 0.25) is 0 Å². The van der Waals surface area contributed by atoms with Crippen molar-refractivity contribution in [3.05, 3.63) is 83.3 Å². The Labute approximate surface area is 134 Å². The molecule has 0 amide bonds. The summed E-state index contributed by atoms with van der Waals surface area (Å²) in [7, 11) is 0. The lowest BCUT2D eigenvalue weighted by Crippen LogP contribution is -2.18. The van der Waals surface area contributed by atoms with Crippen molar-refractivity contribution in [2.75, 3.05) is 0 Å². The topological polar surface area (TPSA) is 135 Å². The monoisotopic (exact) mass is 331 g/mol. The van der Waals surface area contributed by atoms with Crippen LogP contribution in [0.4, 0.5) is 5.69 Å². The van der Waals surface area contributed by atoms with Gasteiger partial charge < -0.3 is 9.05 Å². The van der Waals surface area contributed by atoms with Gasteiger partial charge >= 0.3 is 11.3 Å². The van der Waals surface area contributed by atoms with Gasteiger partial charge in [0.05, 0.1) is 33.4 Å². The number of nitrogens with one attached hydrogen (secondary N) is 2. The molecule has 0 radical (unpaired) electrons. The number of nitro benzene ring substituents is 1. The van der Waals surface area contributed by atoms with Crippen LogP contribution in [-0.4, -0.2) is 15.2 Å². The Balaban J connectivity index is 2.25. The predicted molar refractivity (Wildman–Crippen MR) is 82.2 cm³/mol. The van der Waals surface area contributed by atoms with E-state index in [2.05, 4.69) is 10.3 Å². The molecule has 0 aliphatic heterocycles. The first kappa shape index (κ1) is 15.5. The molecular weight excluding hydrogens is 318 g/mol. The summed E-state index contributed by atoms with van der Waals surface area (Å²) in [5.41, 5.74) is 0.634. The van der Waals surface area contributed by atoms with Gasteiger partial charge in [-0.3, -0.25) is 10.1 Å². The van der Waals surface area contributed by atoms with Crippen molar-refractivity contribution in [2.24, 2.45) is 0 Å². The molecule has 1 aromatic carbocycles. The lowest BCUT2D eigenvalue weighted by atomic mass is 9.85. The Hall–Kier alpha value is -3.36. The molecule has 0 spiro atoms. The molecular formula is C15H13N3O6. The molecule has 9 nitrogen and oxygen atoms in total. The molecule has 0 fully saturated rings. The third-order valence-corrected chi connectivity index (χ3v) is 3.86. The molecule has 124 valence electrons. The van der Waals surface area contributed by atoms with Crippen molar-refractivity contribution in [1.29, 1.82) is 0 Å². The van der Waals surface area contributed by atoms with E-state index in [4.69, 9.17) is 9.05 Å². The maximum atomic E-state index is 12.1. The van der Waals surface area contributed by atoms with E-state index in [0.29, 0.717) is 17.0 Å². The maximum Gasteiger partial charge on any atom is 0.361 e. The van der Waals surface area contributed by atoms with Crippen LogP contribution in [0, 0.1) is 24.0 Å². The summed E-state index contributed by atoms with van der Waals surface area (Å²) in [6.45, 7) is 3.28. The second kappa shape index (κ2) is 5.69. The van der Waals surface area contributed by atoms with Crippen LogP contribution in [0.2, 0.25) is 0 Å². The molecule has 9 heteroatoms. The van der Waals surface area contributed by atoms with Crippen LogP contribution >= 0.6 is 0 Å². The minimum atomic E-state index is -0.768. The number of rotatable bonds is 4. The van der Waals surface area contributed by atoms with Crippen LogP contribution in [0.25, 0.3) is 0 Å². The zero-order valence-electron chi connectivity index (χ0n) is 12.8. The van der Waals surface area contributed by atoms with E-state index in [0.717, 1.165) is 0 Å². The highest BCUT2D eigenvalue weighted by Crippen LogP contribution is 2.32. The van der Waals surface area contributed by atoms with Gasteiger partial charge in [0.15, 0.2) is 0 Å². The Morgan fingerprint density at radius 1 is 0.958 bits per heavy atom. The second-order valence-electron chi connectivity index (χ2n) is 5.34. The molecule has 0 atom stereocenters. The normalized spacial score (nSPS) is 11.1. The molecule has 2 heterocycles. The molecule has 2 aromatic heterocycles. The fourth-order valence-corrected chi connectivity index (χ4v) is 2.71. The average Bonchev–Trinajstić information content (AvgIpc) is 3.05. The molecule has 0 aliphatic carbocycles. The molecule has 3 aromatic rings. The lowest BCUT2D eigenvalue weighted by Gasteiger charge is -2.14. The van der Waals surface area contributed by atoms with Crippen LogP contribution in [0.5, 0.6) is 0 Å². The lowest BCUT2D eigenvalue weighted by molar-refractivity contribution is -0.384. The number of nitrogens with zero attached hydrogens (tertiary/aromatic N) is 1. The van der Waals surface area contributed by atoms with Gasteiger partial charge in [-0.25, -0.2) is 19.9 Å². The van der Waals surface area contributed by atoms with E-state index in [1.54, 1.807) is 13.8 Å². The van der Waals surface area contributed by atoms with Crippen molar-refractivity contribution in [2.45, 2.75) is 19.8 Å². The summed E-state index contributed by atoms with van der Waals surface area (Å²) in [4.78, 5) is 34.5. The van der Waals surface area contributed by atoms with Crippen LogP contribution in [0.15, 0.2) is 42.9 Å². The maximum absolute atomic E-state index is 12.1. The van der Waals surface area contributed by atoms with E-state index in [1.165, 1.54) is 24.3 Å². The highest BCUT2D eigenvalue weighted by molar-refractivity contribution is 5.46. The third kappa shape index (κ3) is 2.45. The highest BCUT2D eigenvalue weighted by atomic mass is 16.6. The Kier molecular flexibility index (Phi) is 3.68. The number of aryl methyl sites for hydroxylation is 2. The molecule has 0 unspecified atom stereocenters. The van der Waals surface area contributed by atoms with E-state index in [1.807, 2.05) is 0 Å². The first-order valence-corrected chi connectivity index (χ1v) is 7.00. The number of aromatic amines is 2. The van der Waals surface area contributed by atoms with Crippen molar-refractivity contribution < 1.29 is 14.0 Å². The van der Waals surface area contributed by atoms with E-state index in [9.17, 15) is 19.7 Å². The smallest absolute Gasteiger partial charge is 0.339 e. The Morgan fingerprint density at radius 3 is 1.75 bits per heavy atom. The van der Waals surface area contributed by atoms with Crippen LogP contribution in [-0.2, 0) is 0 Å². The summed E-state index contributed by atoms with van der Waals surface area (Å²) < 4.78 is 9.61. The zero-order chi connectivity index (χ0) is 17.4. The predicted octanol–water partition coefficient (Wildman–Crippen LogP) is 1.95. The number of nitro groups is 1. The summed E-state index contributed by atoms with van der Waals surface area (Å²) in [5, 5.41) is 15.8. The summed E-state index contributed by atoms with van der Waals surface area (Å²) in [6.07, 6.45) is 0. The zero-order valence-corrected chi connectivity index (χ0v) is 12.8. The van der Waals surface area contributed by atoms with Crippen LogP contribution in [0.3, 0.4) is 0 Å². The van der Waals surface area contributed by atoms with E-state index < -0.39 is 22.1 Å². The Bertz CT molecular complexity index is 951. The number of aromatic nitrogens is 2. The second-order valence-corrected chi connectivity index (χ2v) is 5.34. The molecule has 0 saturated carbocycles. The van der Waals surface area contributed by atoms with Crippen LogP contribution < -0.4 is 11.3 Å². The quantitative estimate of drug-likeness (QED) is 0.554. The number of hydrogen-bond donors (Lipinski definition) is 2. The van der Waals surface area contributed by atoms with Gasteiger partial charge in [-0.1, -0.05) is 12.1 Å². The fraction of sp³-hybridized carbons (Fsp3) is 0.200. The van der Waals surface area contributed by atoms with Gasteiger partial charge in [-0.15, -0.1) is 0 Å². The highest BCUT2D eigenvalue weighted by Gasteiger charge is 2.30. The van der Waals surface area contributed by atoms with Crippen molar-refractivity contribution in [3.8, 4) is 0 Å². The molecule has 24 heavy (non-hydrogen) atoms. The van der Waals surface area contributed by atoms with Gasteiger partial charge in [-0.2, -0.15) is 0 Å². The summed E-state index contributed by atoms with van der Waals surface area (Å²) in [5.74, 6) is -0.768. The van der Waals surface area contributed by atoms with Gasteiger partial charge in [-0.05, 0) is 19.4 Å². The van der Waals surface area contributed by atoms with Gasteiger partial charge in [0.1, 0.15) is 0 Å². The van der Waals surface area contributed by atoms with Crippen molar-refractivity contribution in [1.82, 2.24) is 10.3 Å². The summed E-state index contributed by atoms with van der Waals surface area (Å²) in [6, 6.07) is 5.63. The molecule has 3 rings (SSSR count). The van der Waals surface area contributed by atoms with Crippen molar-refractivity contribution in [3.63, 3.8) is 0 Å². The first-order chi connectivity index (χ1) is 11.4. The number of benzene rings is 1. The van der Waals surface area contributed by atoms with E-state index in [-0.39, 0.29) is 16.8 Å². The molecule has 2 N–H and O–H groups in total. The standard InChI is InChI=1S/C15H13N3O6/c1-7-11(14(19)23-16-7)13(12-8(2)17-24-15(12)20)9-3-5-10(6-4-9)18(21)22/h3-6,13,16-17H,1-2H3. The average molecular weight is 331 g/mol. The van der Waals surface area contributed by atoms with Crippen molar-refractivity contribution >= 4 is 5.69 Å². The van der Waals surface area contributed by atoms with E-state index >= 15 is 0 Å². The SMILES string of the molecule is Cc1[nH]oc(=O)c1C(c1ccc([N+](=O)[O-])cc1)c1c(C)[nH]oc1=O. The minimum absolute atomic E-state index is 0.0897. The van der Waals surface area contributed by atoms with Gasteiger partial charge in [0, 0.05) is 12.1 Å². The van der Waals surface area contributed by atoms with Crippen LogP contribution in [0.1, 0.15) is 34.0 Å². The first-order valence-electron chi connectivity index (χ1n) is 7.00. The summed E-state index contributed by atoms with van der Waals surface area (Å²) >= 11 is 0. The molecule has 0 aliphatic rings. The number of H-pyrrole nitrogens is 2. The fourth-order valence-electron chi connectivity index (χ4n) is 2.71. The third-order valence-electron chi connectivity index (χ3n) is 3.86. The number of non-ortho nitro benzene ring substituents is 1. The molecule has 0 bridgehead atoms.